The van der Waals surface area contributed by atoms with Crippen molar-refractivity contribution in [2.75, 3.05) is 18.5 Å². The van der Waals surface area contributed by atoms with E-state index in [9.17, 15) is 4.79 Å². The first-order valence-corrected chi connectivity index (χ1v) is 13.0. The smallest absolute Gasteiger partial charge is 0.257 e. The molecular formula is C28H29N5O4S. The molecule has 0 saturated heterocycles. The molecule has 0 bridgehead atoms. The highest BCUT2D eigenvalue weighted by Crippen LogP contribution is 2.31. The predicted molar refractivity (Wildman–Crippen MR) is 148 cm³/mol. The number of rotatable bonds is 12. The van der Waals surface area contributed by atoms with Crippen molar-refractivity contribution in [2.24, 2.45) is 10.9 Å². The van der Waals surface area contributed by atoms with Gasteiger partial charge >= 0.3 is 0 Å². The normalized spacial score (nSPS) is 11.2. The fourth-order valence-corrected chi connectivity index (χ4v) is 4.47. The molecule has 0 radical (unpaired) electrons. The van der Waals surface area contributed by atoms with E-state index in [2.05, 4.69) is 20.4 Å². The number of hydrogen-bond donors (Lipinski definition) is 3. The van der Waals surface area contributed by atoms with Crippen LogP contribution < -0.4 is 20.5 Å². The van der Waals surface area contributed by atoms with Crippen LogP contribution in [0.5, 0.6) is 11.5 Å². The summed E-state index contributed by atoms with van der Waals surface area (Å²) in [5, 5.41) is 15.1. The van der Waals surface area contributed by atoms with Crippen LogP contribution >= 0.6 is 11.3 Å². The zero-order valence-electron chi connectivity index (χ0n) is 21.0. The van der Waals surface area contributed by atoms with Crippen LogP contribution in [0, 0.1) is 6.92 Å². The molecule has 196 valence electrons. The number of hydrogen-bond acceptors (Lipinski definition) is 8. The number of nitrogens with one attached hydrogen (secondary N) is 1. The Balaban J connectivity index is 1.17. The highest BCUT2D eigenvalue weighted by atomic mass is 32.1. The number of anilines is 1. The van der Waals surface area contributed by atoms with Crippen LogP contribution in [-0.2, 0) is 0 Å². The van der Waals surface area contributed by atoms with E-state index in [4.69, 9.17) is 20.4 Å². The number of nitrogens with two attached hydrogens (primary N) is 1. The largest absolute Gasteiger partial charge is 0.494 e. The van der Waals surface area contributed by atoms with Gasteiger partial charge in [-0.3, -0.25) is 15.1 Å². The average Bonchev–Trinajstić information content (AvgIpc) is 3.32. The molecule has 4 rings (SSSR count). The molecule has 0 spiro atoms. The van der Waals surface area contributed by atoms with Gasteiger partial charge in [0, 0.05) is 34.0 Å². The molecular weight excluding hydrogens is 502 g/mol. The van der Waals surface area contributed by atoms with E-state index in [0.717, 1.165) is 46.9 Å². The number of amides is 1. The van der Waals surface area contributed by atoms with Gasteiger partial charge in [-0.2, -0.15) is 0 Å². The molecule has 0 atom stereocenters. The van der Waals surface area contributed by atoms with Crippen LogP contribution in [0.1, 0.15) is 40.1 Å². The van der Waals surface area contributed by atoms with Gasteiger partial charge in [0.15, 0.2) is 11.0 Å². The predicted octanol–water partition coefficient (Wildman–Crippen LogP) is 5.49. The van der Waals surface area contributed by atoms with Gasteiger partial charge in [-0.1, -0.05) is 5.16 Å². The second-order valence-corrected chi connectivity index (χ2v) is 9.61. The first-order valence-electron chi connectivity index (χ1n) is 12.2. The Morgan fingerprint density at radius 3 is 2.13 bits per heavy atom. The number of carbonyl (C=O) groups excluding carboxylic acids is 1. The SMILES string of the molecule is Cc1sc(NC(=O)c2ccncc2)nc1-c1ccc(OCCCCCOc2ccc(C(N)=NO)cc2)cc1. The Hall–Kier alpha value is -4.44. The monoisotopic (exact) mass is 531 g/mol. The highest BCUT2D eigenvalue weighted by molar-refractivity contribution is 7.16. The molecule has 1 amide bonds. The van der Waals surface area contributed by atoms with E-state index >= 15 is 0 Å². The highest BCUT2D eigenvalue weighted by Gasteiger charge is 2.13. The Morgan fingerprint density at radius 1 is 0.921 bits per heavy atom. The summed E-state index contributed by atoms with van der Waals surface area (Å²) in [5.41, 5.74) is 8.54. The molecule has 0 aliphatic rings. The second-order valence-electron chi connectivity index (χ2n) is 8.41. The molecule has 0 aliphatic heterocycles. The summed E-state index contributed by atoms with van der Waals surface area (Å²) < 4.78 is 11.6. The van der Waals surface area contributed by atoms with Crippen LogP contribution in [0.2, 0.25) is 0 Å². The van der Waals surface area contributed by atoms with Crippen molar-refractivity contribution in [2.45, 2.75) is 26.2 Å². The number of unbranched alkanes of at least 4 members (excludes halogenated alkanes) is 2. The number of aromatic nitrogens is 2. The van der Waals surface area contributed by atoms with E-state index in [-0.39, 0.29) is 11.7 Å². The molecule has 0 fully saturated rings. The van der Waals surface area contributed by atoms with E-state index < -0.39 is 0 Å². The van der Waals surface area contributed by atoms with Gasteiger partial charge in [0.25, 0.3) is 5.91 Å². The maximum absolute atomic E-state index is 12.4. The first kappa shape index (κ1) is 26.6. The number of thiazole rings is 1. The summed E-state index contributed by atoms with van der Waals surface area (Å²) >= 11 is 1.44. The van der Waals surface area contributed by atoms with Gasteiger partial charge in [-0.15, -0.1) is 11.3 Å². The average molecular weight is 532 g/mol. The Kier molecular flexibility index (Phi) is 9.25. The van der Waals surface area contributed by atoms with Crippen molar-refractivity contribution >= 4 is 28.2 Å². The molecule has 0 aliphatic carbocycles. The summed E-state index contributed by atoms with van der Waals surface area (Å²) in [7, 11) is 0. The number of ether oxygens (including phenoxy) is 2. The zero-order valence-corrected chi connectivity index (χ0v) is 21.8. The number of oxime groups is 1. The van der Waals surface area contributed by atoms with Crippen LogP contribution in [-0.4, -0.2) is 40.1 Å². The van der Waals surface area contributed by atoms with Gasteiger partial charge in [0.2, 0.25) is 0 Å². The number of amidine groups is 1. The number of pyridine rings is 1. The molecule has 9 nitrogen and oxygen atoms in total. The number of benzene rings is 2. The lowest BCUT2D eigenvalue weighted by atomic mass is 10.1. The lowest BCUT2D eigenvalue weighted by Gasteiger charge is -2.08. The summed E-state index contributed by atoms with van der Waals surface area (Å²) in [6.07, 6.45) is 5.98. The summed E-state index contributed by atoms with van der Waals surface area (Å²) in [6.45, 7) is 3.21. The van der Waals surface area contributed by atoms with Crippen molar-refractivity contribution in [1.29, 1.82) is 0 Å². The molecule has 2 heterocycles. The van der Waals surface area contributed by atoms with Gasteiger partial charge in [-0.05, 0) is 86.8 Å². The zero-order chi connectivity index (χ0) is 26.7. The molecule has 2 aromatic carbocycles. The van der Waals surface area contributed by atoms with E-state index in [1.165, 1.54) is 11.3 Å². The van der Waals surface area contributed by atoms with E-state index in [0.29, 0.717) is 29.5 Å². The summed E-state index contributed by atoms with van der Waals surface area (Å²) in [4.78, 5) is 22.0. The molecule has 10 heteroatoms. The summed E-state index contributed by atoms with van der Waals surface area (Å²) in [6, 6.07) is 18.2. The van der Waals surface area contributed by atoms with Crippen LogP contribution in [0.3, 0.4) is 0 Å². The van der Waals surface area contributed by atoms with Gasteiger partial charge in [0.1, 0.15) is 11.5 Å². The standard InChI is InChI=1S/C28H29N5O4S/c1-19-25(31-28(38-19)32-27(34)22-13-15-30-16-14-22)20-5-9-23(10-6-20)36-17-3-2-4-18-37-24-11-7-21(8-12-24)26(29)33-35/h5-16,35H,2-4,17-18H2,1H3,(H2,29,33)(H,31,32,34). The van der Waals surface area contributed by atoms with Crippen LogP contribution in [0.4, 0.5) is 5.13 Å². The van der Waals surface area contributed by atoms with Gasteiger partial charge in [-0.25, -0.2) is 4.98 Å². The van der Waals surface area contributed by atoms with Crippen molar-refractivity contribution in [3.8, 4) is 22.8 Å². The third kappa shape index (κ3) is 7.30. The van der Waals surface area contributed by atoms with E-state index in [1.807, 2.05) is 31.2 Å². The minimum Gasteiger partial charge on any atom is -0.494 e. The molecule has 38 heavy (non-hydrogen) atoms. The fourth-order valence-electron chi connectivity index (χ4n) is 3.64. The molecule has 2 aromatic heterocycles. The van der Waals surface area contributed by atoms with Crippen molar-refractivity contribution in [1.82, 2.24) is 9.97 Å². The lowest BCUT2D eigenvalue weighted by Crippen LogP contribution is -2.12. The van der Waals surface area contributed by atoms with Crippen molar-refractivity contribution in [3.05, 3.63) is 89.1 Å². The maximum atomic E-state index is 12.4. The summed E-state index contributed by atoms with van der Waals surface area (Å²) in [5.74, 6) is 1.41. The third-order valence-electron chi connectivity index (χ3n) is 5.67. The number of aryl methyl sites for hydroxylation is 1. The fraction of sp³-hybridized carbons (Fsp3) is 0.214. The third-order valence-corrected chi connectivity index (χ3v) is 6.56. The Morgan fingerprint density at radius 2 is 1.53 bits per heavy atom. The quantitative estimate of drug-likeness (QED) is 0.0724. The van der Waals surface area contributed by atoms with Crippen molar-refractivity contribution in [3.63, 3.8) is 0 Å². The van der Waals surface area contributed by atoms with Crippen molar-refractivity contribution < 1.29 is 19.5 Å². The van der Waals surface area contributed by atoms with Crippen LogP contribution in [0.25, 0.3) is 11.3 Å². The number of nitrogens with zero attached hydrogens (tertiary/aromatic N) is 3. The molecule has 4 aromatic rings. The minimum absolute atomic E-state index is 0.0707. The Bertz CT molecular complexity index is 1360. The van der Waals surface area contributed by atoms with Gasteiger partial charge < -0.3 is 20.4 Å². The first-order chi connectivity index (χ1) is 18.5. The Labute approximate surface area is 225 Å². The number of carbonyl (C=O) groups is 1. The second kappa shape index (κ2) is 13.2. The van der Waals surface area contributed by atoms with E-state index in [1.54, 1.807) is 48.8 Å². The molecule has 0 unspecified atom stereocenters. The topological polar surface area (TPSA) is 132 Å². The molecule has 4 N–H and O–H groups in total. The van der Waals surface area contributed by atoms with Gasteiger partial charge in [0.05, 0.1) is 18.9 Å². The lowest BCUT2D eigenvalue weighted by molar-refractivity contribution is 0.102. The molecule has 0 saturated carbocycles. The maximum Gasteiger partial charge on any atom is 0.257 e. The minimum atomic E-state index is -0.211. The van der Waals surface area contributed by atoms with Crippen LogP contribution in [0.15, 0.2) is 78.2 Å².